The molecule has 3 aromatic rings. The molecule has 0 aliphatic heterocycles. The number of rotatable bonds is 3. The molecule has 0 aliphatic rings. The van der Waals surface area contributed by atoms with Gasteiger partial charge in [0.2, 0.25) is 0 Å². The molecule has 2 heteroatoms. The highest BCUT2D eigenvalue weighted by molar-refractivity contribution is 7.06. The van der Waals surface area contributed by atoms with E-state index in [-0.39, 0.29) is 0 Å². The third-order valence-corrected chi connectivity index (χ3v) is 7.03. The third kappa shape index (κ3) is 2.20. The Labute approximate surface area is 120 Å². The fourth-order valence-electron chi connectivity index (χ4n) is 2.49. The van der Waals surface area contributed by atoms with Crippen LogP contribution in [0.5, 0.6) is 0 Å². The van der Waals surface area contributed by atoms with Crippen LogP contribution in [0.1, 0.15) is 0 Å². The first kappa shape index (κ1) is 12.8. The Morgan fingerprint density at radius 1 is 0.600 bits per heavy atom. The van der Waals surface area contributed by atoms with Gasteiger partial charge >= 0.3 is 0 Å². The summed E-state index contributed by atoms with van der Waals surface area (Å²) in [6.45, 7) is 0. The van der Waals surface area contributed by atoms with Crippen molar-refractivity contribution >= 4 is 23.9 Å². The van der Waals surface area contributed by atoms with E-state index >= 15 is 0 Å². The highest BCUT2D eigenvalue weighted by Gasteiger charge is 2.37. The second kappa shape index (κ2) is 5.45. The van der Waals surface area contributed by atoms with E-state index in [2.05, 4.69) is 6.07 Å². The van der Waals surface area contributed by atoms with Crippen LogP contribution < -0.4 is 15.6 Å². The largest absolute Gasteiger partial charge is 0.421 e. The first-order chi connectivity index (χ1) is 9.82. The molecule has 1 N–H and O–H groups in total. The molecule has 20 heavy (non-hydrogen) atoms. The van der Waals surface area contributed by atoms with Gasteiger partial charge in [-0.25, -0.2) is 0 Å². The maximum absolute atomic E-state index is 11.6. The zero-order valence-corrected chi connectivity index (χ0v) is 12.0. The van der Waals surface area contributed by atoms with Crippen molar-refractivity contribution in [3.63, 3.8) is 0 Å². The second-order valence-electron chi connectivity index (χ2n) is 4.73. The van der Waals surface area contributed by atoms with Gasteiger partial charge in [0.15, 0.2) is 0 Å². The zero-order chi connectivity index (χ0) is 13.8. The average Bonchev–Trinajstić information content (AvgIpc) is 2.56. The maximum Gasteiger partial charge on any atom is 0.285 e. The maximum atomic E-state index is 11.6. The Hall–Kier alpha value is -2.16. The minimum Gasteiger partial charge on any atom is -0.421 e. The quantitative estimate of drug-likeness (QED) is 0.566. The normalized spacial score (nSPS) is 11.2. The van der Waals surface area contributed by atoms with Gasteiger partial charge in [-0.3, -0.25) is 0 Å². The van der Waals surface area contributed by atoms with Gasteiger partial charge in [-0.2, -0.15) is 0 Å². The Bertz CT molecular complexity index is 569. The molecule has 0 aromatic heterocycles. The molecule has 0 heterocycles. The van der Waals surface area contributed by atoms with Crippen molar-refractivity contribution in [2.75, 3.05) is 0 Å². The first-order valence-corrected chi connectivity index (χ1v) is 8.56. The van der Waals surface area contributed by atoms with E-state index in [0.29, 0.717) is 0 Å². The van der Waals surface area contributed by atoms with E-state index in [1.54, 1.807) is 0 Å². The van der Waals surface area contributed by atoms with Gasteiger partial charge in [-0.05, 0) is 21.6 Å². The van der Waals surface area contributed by atoms with E-state index in [4.69, 9.17) is 0 Å². The molecule has 1 radical (unpaired) electrons. The van der Waals surface area contributed by atoms with E-state index in [1.807, 2.05) is 84.9 Å². The number of hydrogen-bond acceptors (Lipinski definition) is 1. The summed E-state index contributed by atoms with van der Waals surface area (Å²) in [5.74, 6) is 0. The van der Waals surface area contributed by atoms with E-state index in [0.717, 1.165) is 15.6 Å². The van der Waals surface area contributed by atoms with Crippen molar-refractivity contribution in [2.45, 2.75) is 0 Å². The lowest BCUT2D eigenvalue weighted by Crippen LogP contribution is -2.67. The van der Waals surface area contributed by atoms with Gasteiger partial charge in [0, 0.05) is 0 Å². The van der Waals surface area contributed by atoms with Crippen molar-refractivity contribution in [2.24, 2.45) is 0 Å². The Kier molecular flexibility index (Phi) is 3.50. The van der Waals surface area contributed by atoms with E-state index < -0.39 is 8.32 Å². The smallest absolute Gasteiger partial charge is 0.285 e. The second-order valence-corrected chi connectivity index (χ2v) is 7.88. The molecular weight excluding hydrogens is 260 g/mol. The minimum atomic E-state index is -2.90. The average molecular weight is 275 g/mol. The van der Waals surface area contributed by atoms with Gasteiger partial charge in [-0.1, -0.05) is 84.9 Å². The van der Waals surface area contributed by atoms with Crippen LogP contribution in [0.15, 0.2) is 84.9 Å². The van der Waals surface area contributed by atoms with Gasteiger partial charge in [-0.15, -0.1) is 0 Å². The van der Waals surface area contributed by atoms with Gasteiger partial charge in [0.1, 0.15) is 0 Å². The summed E-state index contributed by atoms with van der Waals surface area (Å²) in [6.07, 6.45) is 0. The Morgan fingerprint density at radius 2 is 1.00 bits per heavy atom. The molecule has 0 spiro atoms. The first-order valence-electron chi connectivity index (χ1n) is 6.62. The highest BCUT2D eigenvalue weighted by atomic mass is 28.4. The van der Waals surface area contributed by atoms with Crippen LogP contribution in [0.2, 0.25) is 0 Å². The lowest BCUT2D eigenvalue weighted by molar-refractivity contribution is 0.583. The Morgan fingerprint density at radius 3 is 1.45 bits per heavy atom. The van der Waals surface area contributed by atoms with Crippen molar-refractivity contribution in [3.8, 4) is 0 Å². The zero-order valence-electron chi connectivity index (χ0n) is 11.0. The molecule has 0 aliphatic carbocycles. The summed E-state index contributed by atoms with van der Waals surface area (Å²) in [4.78, 5) is 11.6. The van der Waals surface area contributed by atoms with Crippen LogP contribution in [0.25, 0.3) is 0 Å². The van der Waals surface area contributed by atoms with Crippen molar-refractivity contribution < 1.29 is 4.80 Å². The molecule has 1 nitrogen and oxygen atoms in total. The van der Waals surface area contributed by atoms with Crippen molar-refractivity contribution in [3.05, 3.63) is 91.0 Å². The minimum absolute atomic E-state index is 0.980. The molecule has 0 amide bonds. The van der Waals surface area contributed by atoms with Crippen LogP contribution in [-0.2, 0) is 0 Å². The summed E-state index contributed by atoms with van der Waals surface area (Å²) in [5, 5.41) is 2.98. The van der Waals surface area contributed by atoms with Gasteiger partial charge < -0.3 is 4.80 Å². The molecule has 0 atom stereocenters. The van der Waals surface area contributed by atoms with Gasteiger partial charge in [0.05, 0.1) is 0 Å². The predicted molar refractivity (Wildman–Crippen MR) is 85.0 cm³/mol. The fourth-order valence-corrected chi connectivity index (χ4v) is 5.49. The summed E-state index contributed by atoms with van der Waals surface area (Å²) >= 11 is 0. The molecule has 0 saturated heterocycles. The SMILES string of the molecule is O[Si](c1cc[c]cc1)(c1ccccc1)c1ccccc1. The van der Waals surface area contributed by atoms with Crippen LogP contribution in [0.4, 0.5) is 0 Å². The summed E-state index contributed by atoms with van der Waals surface area (Å²) in [6, 6.07) is 30.6. The van der Waals surface area contributed by atoms with Crippen LogP contribution >= 0.6 is 0 Å². The molecule has 0 fully saturated rings. The predicted octanol–water partition coefficient (Wildman–Crippen LogP) is 1.45. The summed E-state index contributed by atoms with van der Waals surface area (Å²) in [7, 11) is -2.90. The molecule has 0 bridgehead atoms. The van der Waals surface area contributed by atoms with Crippen LogP contribution in [-0.4, -0.2) is 13.1 Å². The van der Waals surface area contributed by atoms with E-state index in [1.165, 1.54) is 0 Å². The lowest BCUT2D eigenvalue weighted by atomic mass is 10.3. The monoisotopic (exact) mass is 275 g/mol. The van der Waals surface area contributed by atoms with Crippen LogP contribution in [0, 0.1) is 6.07 Å². The number of benzene rings is 3. The molecule has 0 saturated carbocycles. The molecular formula is C18H15OSi. The lowest BCUT2D eigenvalue weighted by Gasteiger charge is -2.26. The summed E-state index contributed by atoms with van der Waals surface area (Å²) in [5.41, 5.74) is 0. The molecule has 3 rings (SSSR count). The van der Waals surface area contributed by atoms with Crippen LogP contribution in [0.3, 0.4) is 0 Å². The standard InChI is InChI=1S/C18H15OSi/c19-20(16-10-4-1-5-11-16,17-12-6-2-7-13-17)18-14-8-3-9-15-18/h1-2,4-15,19H. The molecule has 0 unspecified atom stereocenters. The number of hydrogen-bond donors (Lipinski definition) is 1. The topological polar surface area (TPSA) is 20.2 Å². The molecule has 3 aromatic carbocycles. The van der Waals surface area contributed by atoms with Crippen molar-refractivity contribution in [1.29, 1.82) is 0 Å². The van der Waals surface area contributed by atoms with E-state index in [9.17, 15) is 4.80 Å². The Balaban J connectivity index is 2.24. The third-order valence-electron chi connectivity index (χ3n) is 3.52. The molecule has 97 valence electrons. The summed E-state index contributed by atoms with van der Waals surface area (Å²) < 4.78 is 0. The highest BCUT2D eigenvalue weighted by Crippen LogP contribution is 2.03. The van der Waals surface area contributed by atoms with Gasteiger partial charge in [0.25, 0.3) is 8.32 Å². The fraction of sp³-hybridized carbons (Fsp3) is 0. The van der Waals surface area contributed by atoms with Crippen molar-refractivity contribution in [1.82, 2.24) is 0 Å².